The molecule has 0 bridgehead atoms. The number of aromatic nitrogens is 1. The first-order valence-electron chi connectivity index (χ1n) is 4.54. The van der Waals surface area contributed by atoms with E-state index in [0.29, 0.717) is 6.10 Å². The first-order chi connectivity index (χ1) is 6.25. The van der Waals surface area contributed by atoms with Crippen LogP contribution in [0.5, 0.6) is 0 Å². The number of anilines is 1. The van der Waals surface area contributed by atoms with Gasteiger partial charge in [0.15, 0.2) is 18.9 Å². The zero-order chi connectivity index (χ0) is 9.26. The van der Waals surface area contributed by atoms with Crippen LogP contribution in [0, 0.1) is 0 Å². The quantitative estimate of drug-likeness (QED) is 0.439. The highest BCUT2D eigenvalue weighted by atomic mass is 79.9. The minimum absolute atomic E-state index is 0. The molecular weight excluding hydrogens is 244 g/mol. The summed E-state index contributed by atoms with van der Waals surface area (Å²) in [5, 5.41) is 0. The summed E-state index contributed by atoms with van der Waals surface area (Å²) in [6.45, 7) is 1.90. The predicted octanol–water partition coefficient (Wildman–Crippen LogP) is -2.56. The Morgan fingerprint density at radius 2 is 2.00 bits per heavy atom. The Labute approximate surface area is 95.1 Å². The second kappa shape index (κ2) is 4.75. The van der Waals surface area contributed by atoms with Crippen molar-refractivity contribution in [1.82, 2.24) is 0 Å². The summed E-state index contributed by atoms with van der Waals surface area (Å²) in [5.74, 6) is 0. The fourth-order valence-electron chi connectivity index (χ4n) is 1.28. The van der Waals surface area contributed by atoms with Gasteiger partial charge in [0.1, 0.15) is 6.10 Å². The smallest absolute Gasteiger partial charge is 0.176 e. The van der Waals surface area contributed by atoms with E-state index in [-0.39, 0.29) is 17.0 Å². The lowest BCUT2D eigenvalue weighted by molar-refractivity contribution is -0.698. The number of epoxide rings is 1. The van der Waals surface area contributed by atoms with Gasteiger partial charge in [-0.3, -0.25) is 0 Å². The van der Waals surface area contributed by atoms with E-state index in [1.165, 1.54) is 5.69 Å². The SMILES string of the molecule is CN(C)c1cc[n+](CC2CO2)cc1.[Br-]. The summed E-state index contributed by atoms with van der Waals surface area (Å²) in [6.07, 6.45) is 4.64. The number of halogens is 1. The first kappa shape index (κ1) is 11.5. The molecule has 1 unspecified atom stereocenters. The van der Waals surface area contributed by atoms with Gasteiger partial charge < -0.3 is 26.6 Å². The molecule has 2 rings (SSSR count). The Bertz CT molecular complexity index is 283. The zero-order valence-corrected chi connectivity index (χ0v) is 10.1. The molecule has 2 heterocycles. The maximum atomic E-state index is 5.16. The van der Waals surface area contributed by atoms with E-state index in [0.717, 1.165) is 13.2 Å². The van der Waals surface area contributed by atoms with Gasteiger partial charge in [0.25, 0.3) is 0 Å². The molecule has 0 saturated carbocycles. The molecule has 1 fully saturated rings. The second-order valence-electron chi connectivity index (χ2n) is 3.60. The fourth-order valence-corrected chi connectivity index (χ4v) is 1.28. The average molecular weight is 259 g/mol. The van der Waals surface area contributed by atoms with Gasteiger partial charge >= 0.3 is 0 Å². The van der Waals surface area contributed by atoms with Crippen LogP contribution in [0.3, 0.4) is 0 Å². The molecule has 0 aromatic carbocycles. The van der Waals surface area contributed by atoms with Crippen LogP contribution >= 0.6 is 0 Å². The van der Waals surface area contributed by atoms with Crippen LogP contribution in [0.25, 0.3) is 0 Å². The topological polar surface area (TPSA) is 19.6 Å². The standard InChI is InChI=1S/C10H15N2O.BrH/c1-11(2)9-3-5-12(6-4-9)7-10-8-13-10;/h3-6,10H,7-8H2,1-2H3;1H/q+1;/p-1. The van der Waals surface area contributed by atoms with Crippen LogP contribution in [0.2, 0.25) is 0 Å². The average Bonchev–Trinajstić information content (AvgIpc) is 2.89. The van der Waals surface area contributed by atoms with Gasteiger partial charge in [0.2, 0.25) is 0 Å². The highest BCUT2D eigenvalue weighted by Gasteiger charge is 2.26. The summed E-state index contributed by atoms with van der Waals surface area (Å²) in [5.41, 5.74) is 1.23. The molecule has 78 valence electrons. The molecule has 0 amide bonds. The van der Waals surface area contributed by atoms with Gasteiger partial charge in [-0.25, -0.2) is 4.57 Å². The monoisotopic (exact) mass is 258 g/mol. The van der Waals surface area contributed by atoms with Crippen molar-refractivity contribution in [1.29, 1.82) is 0 Å². The minimum atomic E-state index is 0. The molecule has 0 spiro atoms. The fraction of sp³-hybridized carbons (Fsp3) is 0.500. The summed E-state index contributed by atoms with van der Waals surface area (Å²) < 4.78 is 7.32. The Kier molecular flexibility index (Phi) is 3.89. The van der Waals surface area contributed by atoms with Gasteiger partial charge in [-0.15, -0.1) is 0 Å². The van der Waals surface area contributed by atoms with Crippen molar-refractivity contribution < 1.29 is 26.3 Å². The normalized spacial score (nSPS) is 18.6. The molecule has 0 aliphatic carbocycles. The van der Waals surface area contributed by atoms with Crippen LogP contribution in [0.15, 0.2) is 24.5 Å². The summed E-state index contributed by atoms with van der Waals surface area (Å²) in [7, 11) is 4.09. The van der Waals surface area contributed by atoms with Crippen LogP contribution in [0.4, 0.5) is 5.69 Å². The molecule has 1 aromatic heterocycles. The molecule has 0 radical (unpaired) electrons. The molecule has 1 saturated heterocycles. The van der Waals surface area contributed by atoms with Crippen molar-refractivity contribution in [3.05, 3.63) is 24.5 Å². The highest BCUT2D eigenvalue weighted by molar-refractivity contribution is 5.41. The Morgan fingerprint density at radius 3 is 2.43 bits per heavy atom. The van der Waals surface area contributed by atoms with E-state index in [4.69, 9.17) is 4.74 Å². The van der Waals surface area contributed by atoms with Gasteiger partial charge in [0.05, 0.1) is 6.61 Å². The van der Waals surface area contributed by atoms with Crippen LogP contribution < -0.4 is 26.4 Å². The third-order valence-corrected chi connectivity index (χ3v) is 2.21. The third kappa shape index (κ3) is 2.96. The number of hydrogen-bond acceptors (Lipinski definition) is 2. The molecule has 0 N–H and O–H groups in total. The Morgan fingerprint density at radius 1 is 1.43 bits per heavy atom. The molecule has 1 atom stereocenters. The van der Waals surface area contributed by atoms with E-state index < -0.39 is 0 Å². The van der Waals surface area contributed by atoms with Gasteiger partial charge in [-0.1, -0.05) is 0 Å². The molecule has 4 heteroatoms. The largest absolute Gasteiger partial charge is 1.00 e. The third-order valence-electron chi connectivity index (χ3n) is 2.21. The molecular formula is C10H15BrN2O. The van der Waals surface area contributed by atoms with E-state index >= 15 is 0 Å². The van der Waals surface area contributed by atoms with Crippen molar-refractivity contribution in [2.75, 3.05) is 25.6 Å². The number of hydrogen-bond donors (Lipinski definition) is 0. The van der Waals surface area contributed by atoms with Crippen molar-refractivity contribution in [2.45, 2.75) is 12.6 Å². The second-order valence-corrected chi connectivity index (χ2v) is 3.60. The van der Waals surface area contributed by atoms with Crippen molar-refractivity contribution in [3.63, 3.8) is 0 Å². The van der Waals surface area contributed by atoms with E-state index in [1.54, 1.807) is 0 Å². The molecule has 1 aromatic rings. The first-order valence-corrected chi connectivity index (χ1v) is 4.54. The van der Waals surface area contributed by atoms with E-state index in [9.17, 15) is 0 Å². The van der Waals surface area contributed by atoms with Gasteiger partial charge in [-0.05, 0) is 0 Å². The lowest BCUT2D eigenvalue weighted by Gasteiger charge is -2.10. The minimum Gasteiger partial charge on any atom is -1.00 e. The lowest BCUT2D eigenvalue weighted by atomic mass is 10.3. The number of rotatable bonds is 3. The van der Waals surface area contributed by atoms with Crippen LogP contribution in [-0.4, -0.2) is 26.8 Å². The Balaban J connectivity index is 0.000000980. The Hall–Kier alpha value is -0.610. The van der Waals surface area contributed by atoms with Crippen molar-refractivity contribution in [3.8, 4) is 0 Å². The predicted molar refractivity (Wildman–Crippen MR) is 50.7 cm³/mol. The molecule has 3 nitrogen and oxygen atoms in total. The maximum absolute atomic E-state index is 5.16. The van der Waals surface area contributed by atoms with Crippen LogP contribution in [-0.2, 0) is 11.3 Å². The van der Waals surface area contributed by atoms with Gasteiger partial charge in [0, 0.05) is 31.9 Å². The summed E-state index contributed by atoms with van der Waals surface area (Å²) in [6, 6.07) is 4.23. The molecule has 1 aliphatic heterocycles. The van der Waals surface area contributed by atoms with Crippen molar-refractivity contribution in [2.24, 2.45) is 0 Å². The number of ether oxygens (including phenoxy) is 1. The maximum Gasteiger partial charge on any atom is 0.176 e. The molecule has 1 aliphatic rings. The van der Waals surface area contributed by atoms with Crippen molar-refractivity contribution >= 4 is 5.69 Å². The summed E-state index contributed by atoms with van der Waals surface area (Å²) >= 11 is 0. The van der Waals surface area contributed by atoms with E-state index in [1.807, 2.05) is 14.1 Å². The molecule has 14 heavy (non-hydrogen) atoms. The summed E-state index contributed by atoms with van der Waals surface area (Å²) in [4.78, 5) is 2.10. The van der Waals surface area contributed by atoms with E-state index in [2.05, 4.69) is 34.0 Å². The van der Waals surface area contributed by atoms with Gasteiger partial charge in [-0.2, -0.15) is 0 Å². The highest BCUT2D eigenvalue weighted by Crippen LogP contribution is 2.09. The lowest BCUT2D eigenvalue weighted by Crippen LogP contribution is -3.00. The zero-order valence-electron chi connectivity index (χ0n) is 8.48. The number of nitrogens with zero attached hydrogens (tertiary/aromatic N) is 2. The number of pyridine rings is 1. The van der Waals surface area contributed by atoms with Crippen LogP contribution in [0.1, 0.15) is 0 Å².